The summed E-state index contributed by atoms with van der Waals surface area (Å²) in [6, 6.07) is 0. The Morgan fingerprint density at radius 3 is 1.78 bits per heavy atom. The minimum Gasteiger partial charge on any atom is -0.330 e. The topological polar surface area (TPSA) is 41.3 Å². The zero-order valence-electron chi connectivity index (χ0n) is 12.1. The molecule has 1 aliphatic heterocycles. The van der Waals surface area contributed by atoms with Crippen LogP contribution in [0.3, 0.4) is 0 Å². The zero-order valence-corrected chi connectivity index (χ0v) is 12.1. The van der Waals surface area contributed by atoms with Gasteiger partial charge in [-0.15, -0.1) is 0 Å². The van der Waals surface area contributed by atoms with E-state index in [0.717, 1.165) is 6.54 Å². The first-order chi connectivity index (χ1) is 8.93. The lowest BCUT2D eigenvalue weighted by molar-refractivity contribution is 0.236. The van der Waals surface area contributed by atoms with Gasteiger partial charge >= 0.3 is 0 Å². The molecule has 0 bridgehead atoms. The lowest BCUT2D eigenvalue weighted by Crippen LogP contribution is -2.43. The van der Waals surface area contributed by atoms with Crippen LogP contribution in [0.25, 0.3) is 0 Å². The summed E-state index contributed by atoms with van der Waals surface area (Å²) in [6.45, 7) is 7.05. The van der Waals surface area contributed by atoms with Crippen LogP contribution < -0.4 is 11.1 Å². The van der Waals surface area contributed by atoms with Gasteiger partial charge in [-0.2, -0.15) is 0 Å². The molecule has 3 heteroatoms. The molecule has 0 aromatic carbocycles. The molecular weight excluding hydrogens is 222 g/mol. The molecule has 1 aliphatic rings. The normalized spacial score (nSPS) is 17.2. The average molecular weight is 255 g/mol. The van der Waals surface area contributed by atoms with Crippen LogP contribution in [0.15, 0.2) is 0 Å². The Morgan fingerprint density at radius 1 is 0.722 bits per heavy atom. The van der Waals surface area contributed by atoms with Gasteiger partial charge in [-0.25, -0.2) is 0 Å². The van der Waals surface area contributed by atoms with Crippen molar-refractivity contribution in [3.8, 4) is 0 Å². The molecule has 0 aliphatic carbocycles. The Bertz CT molecular complexity index is 167. The second-order valence-corrected chi connectivity index (χ2v) is 5.56. The van der Waals surface area contributed by atoms with Gasteiger partial charge < -0.3 is 16.0 Å². The van der Waals surface area contributed by atoms with E-state index in [0.29, 0.717) is 0 Å². The molecule has 3 nitrogen and oxygen atoms in total. The summed E-state index contributed by atoms with van der Waals surface area (Å²) >= 11 is 0. The fourth-order valence-electron chi connectivity index (χ4n) is 2.65. The summed E-state index contributed by atoms with van der Waals surface area (Å²) in [7, 11) is 0. The molecule has 1 fully saturated rings. The molecule has 0 radical (unpaired) electrons. The van der Waals surface area contributed by atoms with E-state index < -0.39 is 0 Å². The number of hydrogen-bond donors (Lipinski definition) is 2. The maximum atomic E-state index is 5.48. The van der Waals surface area contributed by atoms with E-state index in [1.165, 1.54) is 90.5 Å². The fourth-order valence-corrected chi connectivity index (χ4v) is 2.65. The van der Waals surface area contributed by atoms with Crippen molar-refractivity contribution in [1.29, 1.82) is 0 Å². The number of nitrogens with one attached hydrogen (secondary N) is 1. The molecule has 18 heavy (non-hydrogen) atoms. The van der Waals surface area contributed by atoms with Gasteiger partial charge in [0, 0.05) is 26.2 Å². The summed E-state index contributed by atoms with van der Waals surface area (Å²) in [5.41, 5.74) is 5.48. The van der Waals surface area contributed by atoms with Gasteiger partial charge in [-0.05, 0) is 25.9 Å². The highest BCUT2D eigenvalue weighted by Crippen LogP contribution is 2.09. The molecule has 1 rings (SSSR count). The number of nitrogens with zero attached hydrogens (tertiary/aromatic N) is 1. The highest BCUT2D eigenvalue weighted by Gasteiger charge is 2.07. The van der Waals surface area contributed by atoms with Crippen molar-refractivity contribution >= 4 is 0 Å². The van der Waals surface area contributed by atoms with Gasteiger partial charge in [0.25, 0.3) is 0 Å². The van der Waals surface area contributed by atoms with E-state index in [2.05, 4.69) is 10.2 Å². The van der Waals surface area contributed by atoms with E-state index in [-0.39, 0.29) is 0 Å². The largest absolute Gasteiger partial charge is 0.330 e. The Morgan fingerprint density at radius 2 is 1.22 bits per heavy atom. The van der Waals surface area contributed by atoms with Gasteiger partial charge in [-0.3, -0.25) is 0 Å². The van der Waals surface area contributed by atoms with Crippen LogP contribution in [0.1, 0.15) is 57.8 Å². The molecular formula is C15H33N3. The molecule has 0 aromatic rings. The quantitative estimate of drug-likeness (QED) is 0.557. The van der Waals surface area contributed by atoms with Gasteiger partial charge in [0.05, 0.1) is 0 Å². The number of unbranched alkanes of at least 4 members (excludes halogenated alkanes) is 8. The van der Waals surface area contributed by atoms with Gasteiger partial charge in [0.2, 0.25) is 0 Å². The van der Waals surface area contributed by atoms with Crippen molar-refractivity contribution in [3.05, 3.63) is 0 Å². The molecule has 3 N–H and O–H groups in total. The van der Waals surface area contributed by atoms with Crippen LogP contribution in [0.5, 0.6) is 0 Å². The third-order valence-electron chi connectivity index (χ3n) is 3.89. The summed E-state index contributed by atoms with van der Waals surface area (Å²) in [5.74, 6) is 0. The Kier molecular flexibility index (Phi) is 10.6. The van der Waals surface area contributed by atoms with Crippen LogP contribution in [0.4, 0.5) is 0 Å². The van der Waals surface area contributed by atoms with E-state index in [1.54, 1.807) is 0 Å². The van der Waals surface area contributed by atoms with E-state index in [9.17, 15) is 0 Å². The van der Waals surface area contributed by atoms with E-state index in [4.69, 9.17) is 5.73 Å². The first kappa shape index (κ1) is 15.9. The van der Waals surface area contributed by atoms with Crippen LogP contribution in [-0.2, 0) is 0 Å². The highest BCUT2D eigenvalue weighted by atomic mass is 15.2. The third-order valence-corrected chi connectivity index (χ3v) is 3.89. The highest BCUT2D eigenvalue weighted by molar-refractivity contribution is 4.67. The second-order valence-electron chi connectivity index (χ2n) is 5.56. The number of hydrogen-bond acceptors (Lipinski definition) is 3. The molecule has 0 saturated carbocycles. The minimum atomic E-state index is 0.867. The summed E-state index contributed by atoms with van der Waals surface area (Å²) in [5, 5.41) is 3.40. The van der Waals surface area contributed by atoms with Gasteiger partial charge in [-0.1, -0.05) is 44.9 Å². The third kappa shape index (κ3) is 8.90. The summed E-state index contributed by atoms with van der Waals surface area (Å²) in [6.07, 6.45) is 12.5. The van der Waals surface area contributed by atoms with Crippen LogP contribution in [0, 0.1) is 0 Å². The lowest BCUT2D eigenvalue weighted by Gasteiger charge is -2.27. The Balaban J connectivity index is 1.73. The second kappa shape index (κ2) is 11.9. The van der Waals surface area contributed by atoms with E-state index >= 15 is 0 Å². The van der Waals surface area contributed by atoms with Crippen molar-refractivity contribution in [2.24, 2.45) is 5.73 Å². The molecule has 1 heterocycles. The average Bonchev–Trinajstić information content (AvgIpc) is 2.42. The maximum Gasteiger partial charge on any atom is 0.0107 e. The van der Waals surface area contributed by atoms with Crippen LogP contribution >= 0.6 is 0 Å². The molecule has 0 spiro atoms. The predicted molar refractivity (Wildman–Crippen MR) is 79.9 cm³/mol. The van der Waals surface area contributed by atoms with Gasteiger partial charge in [0.15, 0.2) is 0 Å². The smallest absolute Gasteiger partial charge is 0.0107 e. The fraction of sp³-hybridized carbons (Fsp3) is 1.00. The van der Waals surface area contributed by atoms with E-state index in [1.807, 2.05) is 0 Å². The zero-order chi connectivity index (χ0) is 12.9. The molecule has 0 aromatic heterocycles. The Labute approximate surface area is 113 Å². The molecule has 0 unspecified atom stereocenters. The molecule has 108 valence electrons. The summed E-state index contributed by atoms with van der Waals surface area (Å²) in [4.78, 5) is 2.60. The van der Waals surface area contributed by atoms with Crippen molar-refractivity contribution in [2.45, 2.75) is 57.8 Å². The number of nitrogens with two attached hydrogens (primary N) is 1. The first-order valence-corrected chi connectivity index (χ1v) is 8.06. The first-order valence-electron chi connectivity index (χ1n) is 8.06. The minimum absolute atomic E-state index is 0.867. The van der Waals surface area contributed by atoms with Crippen molar-refractivity contribution in [1.82, 2.24) is 10.2 Å². The monoisotopic (exact) mass is 255 g/mol. The summed E-state index contributed by atoms with van der Waals surface area (Å²) < 4.78 is 0. The standard InChI is InChI=1S/C15H33N3/c16-10-8-6-4-2-1-3-5-7-9-13-18-14-11-17-12-15-18/h17H,1-16H2. The van der Waals surface area contributed by atoms with Crippen molar-refractivity contribution < 1.29 is 0 Å². The Hall–Kier alpha value is -0.120. The number of rotatable bonds is 11. The molecule has 0 atom stereocenters. The van der Waals surface area contributed by atoms with Gasteiger partial charge in [0.1, 0.15) is 0 Å². The van der Waals surface area contributed by atoms with Crippen molar-refractivity contribution in [3.63, 3.8) is 0 Å². The lowest BCUT2D eigenvalue weighted by atomic mass is 10.1. The predicted octanol–water partition coefficient (Wildman–Crippen LogP) is 2.36. The molecule has 1 saturated heterocycles. The maximum absolute atomic E-state index is 5.48. The van der Waals surface area contributed by atoms with Crippen molar-refractivity contribution in [2.75, 3.05) is 39.3 Å². The molecule has 0 amide bonds. The van der Waals surface area contributed by atoms with Crippen LogP contribution in [-0.4, -0.2) is 44.2 Å². The SMILES string of the molecule is NCCCCCCCCCCCN1CCNCC1. The van der Waals surface area contributed by atoms with Crippen LogP contribution in [0.2, 0.25) is 0 Å². The number of piperazine rings is 1.